The van der Waals surface area contributed by atoms with Gasteiger partial charge in [-0.15, -0.1) is 0 Å². The van der Waals surface area contributed by atoms with Gasteiger partial charge in [-0.05, 0) is 62.9 Å². The molecule has 1 heterocycles. The van der Waals surface area contributed by atoms with Crippen LogP contribution < -0.4 is 5.73 Å². The molecule has 3 unspecified atom stereocenters. The van der Waals surface area contributed by atoms with Crippen LogP contribution in [0.4, 0.5) is 0 Å². The summed E-state index contributed by atoms with van der Waals surface area (Å²) in [5.74, 6) is 0.837. The molecule has 0 aromatic heterocycles. The quantitative estimate of drug-likeness (QED) is 0.911. The van der Waals surface area contributed by atoms with E-state index < -0.39 is 0 Å². The van der Waals surface area contributed by atoms with E-state index in [0.29, 0.717) is 6.04 Å². The van der Waals surface area contributed by atoms with E-state index in [0.717, 1.165) is 24.0 Å². The van der Waals surface area contributed by atoms with Gasteiger partial charge in [0.1, 0.15) is 0 Å². The predicted molar refractivity (Wildman–Crippen MR) is 82.4 cm³/mol. The number of hydrogen-bond donors (Lipinski definition) is 1. The number of benzene rings is 1. The van der Waals surface area contributed by atoms with Crippen molar-refractivity contribution in [3.8, 4) is 0 Å². The molecule has 1 fully saturated rings. The highest BCUT2D eigenvalue weighted by molar-refractivity contribution is 6.30. The molecule has 1 aliphatic heterocycles. The Morgan fingerprint density at radius 3 is 2.53 bits per heavy atom. The molecule has 106 valence electrons. The van der Waals surface area contributed by atoms with Gasteiger partial charge >= 0.3 is 0 Å². The molecule has 0 saturated carbocycles. The lowest BCUT2D eigenvalue weighted by Gasteiger charge is -2.34. The Labute approximate surface area is 121 Å². The fourth-order valence-electron chi connectivity index (χ4n) is 3.07. The molecule has 1 saturated heterocycles. The van der Waals surface area contributed by atoms with E-state index in [1.165, 1.54) is 24.8 Å². The van der Waals surface area contributed by atoms with Crippen molar-refractivity contribution in [3.63, 3.8) is 0 Å². The summed E-state index contributed by atoms with van der Waals surface area (Å²) in [4.78, 5) is 2.55. The summed E-state index contributed by atoms with van der Waals surface area (Å²) < 4.78 is 0. The molecule has 19 heavy (non-hydrogen) atoms. The summed E-state index contributed by atoms with van der Waals surface area (Å²) in [7, 11) is 0. The average molecular weight is 281 g/mol. The molecule has 1 aliphatic rings. The molecule has 2 nitrogen and oxygen atoms in total. The van der Waals surface area contributed by atoms with Crippen LogP contribution in [0.5, 0.6) is 0 Å². The highest BCUT2D eigenvalue weighted by Gasteiger charge is 2.25. The van der Waals surface area contributed by atoms with Gasteiger partial charge in [0.15, 0.2) is 0 Å². The summed E-state index contributed by atoms with van der Waals surface area (Å²) in [6.45, 7) is 6.76. The molecule has 3 atom stereocenters. The summed E-state index contributed by atoms with van der Waals surface area (Å²) >= 11 is 5.98. The van der Waals surface area contributed by atoms with Gasteiger partial charge < -0.3 is 5.73 Å². The Bertz CT molecular complexity index is 388. The molecule has 2 N–H and O–H groups in total. The van der Waals surface area contributed by atoms with Crippen molar-refractivity contribution in [1.82, 2.24) is 4.90 Å². The van der Waals surface area contributed by atoms with Gasteiger partial charge in [0.2, 0.25) is 0 Å². The highest BCUT2D eigenvalue weighted by atomic mass is 35.5. The second-order valence-corrected chi connectivity index (χ2v) is 6.36. The molecule has 0 amide bonds. The van der Waals surface area contributed by atoms with Crippen molar-refractivity contribution in [2.45, 2.75) is 45.2 Å². The smallest absolute Gasteiger partial charge is 0.0496 e. The first kappa shape index (κ1) is 14.8. The number of likely N-dealkylation sites (tertiary alicyclic amines) is 1. The largest absolute Gasteiger partial charge is 0.326 e. The second kappa shape index (κ2) is 6.74. The Morgan fingerprint density at radius 2 is 1.89 bits per heavy atom. The van der Waals surface area contributed by atoms with Crippen LogP contribution in [0.2, 0.25) is 5.02 Å². The number of rotatable bonds is 3. The average Bonchev–Trinajstić information content (AvgIpc) is 2.57. The van der Waals surface area contributed by atoms with Crippen LogP contribution in [0.1, 0.15) is 44.7 Å². The van der Waals surface area contributed by atoms with Gasteiger partial charge in [-0.2, -0.15) is 0 Å². The molecule has 1 aromatic carbocycles. The molecule has 0 aliphatic carbocycles. The van der Waals surface area contributed by atoms with E-state index in [2.05, 4.69) is 30.9 Å². The zero-order valence-electron chi connectivity index (χ0n) is 12.0. The summed E-state index contributed by atoms with van der Waals surface area (Å²) in [5, 5.41) is 0.789. The first-order valence-electron chi connectivity index (χ1n) is 7.33. The normalized spacial score (nSPS) is 24.7. The number of hydrogen-bond acceptors (Lipinski definition) is 2. The SMILES string of the molecule is CC1CCCN(C(c2ccc(Cl)cc2)C(C)N)CC1. The van der Waals surface area contributed by atoms with Gasteiger partial charge in [0.25, 0.3) is 0 Å². The van der Waals surface area contributed by atoms with Crippen LogP contribution in [0, 0.1) is 5.92 Å². The lowest BCUT2D eigenvalue weighted by atomic mass is 9.99. The van der Waals surface area contributed by atoms with Gasteiger partial charge in [0.05, 0.1) is 0 Å². The van der Waals surface area contributed by atoms with E-state index in [-0.39, 0.29) is 6.04 Å². The van der Waals surface area contributed by atoms with Gasteiger partial charge in [-0.1, -0.05) is 30.7 Å². The van der Waals surface area contributed by atoms with Crippen LogP contribution in [0.25, 0.3) is 0 Å². The monoisotopic (exact) mass is 280 g/mol. The van der Waals surface area contributed by atoms with E-state index >= 15 is 0 Å². The topological polar surface area (TPSA) is 29.3 Å². The van der Waals surface area contributed by atoms with Crippen molar-refractivity contribution >= 4 is 11.6 Å². The van der Waals surface area contributed by atoms with Crippen LogP contribution in [-0.2, 0) is 0 Å². The Balaban J connectivity index is 2.17. The Morgan fingerprint density at radius 1 is 1.21 bits per heavy atom. The maximum Gasteiger partial charge on any atom is 0.0496 e. The fourth-order valence-corrected chi connectivity index (χ4v) is 3.20. The minimum atomic E-state index is 0.134. The van der Waals surface area contributed by atoms with Crippen LogP contribution in [0.3, 0.4) is 0 Å². The Kier molecular flexibility index (Phi) is 5.26. The van der Waals surface area contributed by atoms with Crippen molar-refractivity contribution < 1.29 is 0 Å². The first-order chi connectivity index (χ1) is 9.08. The van der Waals surface area contributed by atoms with Crippen molar-refractivity contribution in [3.05, 3.63) is 34.9 Å². The van der Waals surface area contributed by atoms with Gasteiger partial charge in [0, 0.05) is 17.1 Å². The van der Waals surface area contributed by atoms with Crippen LogP contribution in [0.15, 0.2) is 24.3 Å². The van der Waals surface area contributed by atoms with E-state index in [1.807, 2.05) is 12.1 Å². The zero-order valence-corrected chi connectivity index (χ0v) is 12.7. The zero-order chi connectivity index (χ0) is 13.8. The third-order valence-electron chi connectivity index (χ3n) is 4.15. The van der Waals surface area contributed by atoms with Crippen LogP contribution in [-0.4, -0.2) is 24.0 Å². The number of nitrogens with zero attached hydrogens (tertiary/aromatic N) is 1. The lowest BCUT2D eigenvalue weighted by molar-refractivity contribution is 0.181. The fraction of sp³-hybridized carbons (Fsp3) is 0.625. The first-order valence-corrected chi connectivity index (χ1v) is 7.71. The summed E-state index contributed by atoms with van der Waals surface area (Å²) in [5.41, 5.74) is 7.53. The molecule has 0 bridgehead atoms. The molecule has 3 heteroatoms. The third kappa shape index (κ3) is 3.95. The van der Waals surface area contributed by atoms with Gasteiger partial charge in [-0.25, -0.2) is 0 Å². The van der Waals surface area contributed by atoms with Crippen molar-refractivity contribution in [2.75, 3.05) is 13.1 Å². The minimum absolute atomic E-state index is 0.134. The standard InChI is InChI=1S/C16H25ClN2/c1-12-4-3-10-19(11-9-12)16(13(2)18)14-5-7-15(17)8-6-14/h5-8,12-13,16H,3-4,9-11,18H2,1-2H3. The van der Waals surface area contributed by atoms with Crippen molar-refractivity contribution in [2.24, 2.45) is 11.7 Å². The molecule has 0 spiro atoms. The molecule has 1 aromatic rings. The van der Waals surface area contributed by atoms with Crippen LogP contribution >= 0.6 is 11.6 Å². The maximum atomic E-state index is 6.25. The Hall–Kier alpha value is -0.570. The lowest BCUT2D eigenvalue weighted by Crippen LogP contribution is -2.40. The van der Waals surface area contributed by atoms with Crippen molar-refractivity contribution in [1.29, 1.82) is 0 Å². The predicted octanol–water partition coefficient (Wildman–Crippen LogP) is 3.85. The molecular formula is C16H25ClN2. The van der Waals surface area contributed by atoms with E-state index in [9.17, 15) is 0 Å². The highest BCUT2D eigenvalue weighted by Crippen LogP contribution is 2.28. The second-order valence-electron chi connectivity index (χ2n) is 5.93. The minimum Gasteiger partial charge on any atom is -0.326 e. The van der Waals surface area contributed by atoms with E-state index in [1.54, 1.807) is 0 Å². The van der Waals surface area contributed by atoms with E-state index in [4.69, 9.17) is 17.3 Å². The summed E-state index contributed by atoms with van der Waals surface area (Å²) in [6.07, 6.45) is 3.89. The maximum absolute atomic E-state index is 6.25. The third-order valence-corrected chi connectivity index (χ3v) is 4.41. The summed E-state index contributed by atoms with van der Waals surface area (Å²) in [6, 6.07) is 8.60. The number of halogens is 1. The molecule has 0 radical (unpaired) electrons. The molecule has 2 rings (SSSR count). The van der Waals surface area contributed by atoms with Gasteiger partial charge in [-0.3, -0.25) is 4.90 Å². The number of nitrogens with two attached hydrogens (primary N) is 1. The molecular weight excluding hydrogens is 256 g/mol.